The Hall–Kier alpha value is -1.82. The Morgan fingerprint density at radius 3 is 2.33 bits per heavy atom. The van der Waals surface area contributed by atoms with E-state index in [4.69, 9.17) is 4.42 Å². The number of nitrogens with zero attached hydrogens (tertiary/aromatic N) is 2. The molecule has 1 N–H and O–H groups in total. The first-order valence-electron chi connectivity index (χ1n) is 7.27. The van der Waals surface area contributed by atoms with Gasteiger partial charge in [-0.15, -0.1) is 0 Å². The number of piperazine rings is 1. The molecule has 0 unspecified atom stereocenters. The lowest BCUT2D eigenvalue weighted by Crippen LogP contribution is -2.53. The fourth-order valence-electron chi connectivity index (χ4n) is 2.84. The van der Waals surface area contributed by atoms with Crippen molar-refractivity contribution in [2.24, 2.45) is 0 Å². The minimum absolute atomic E-state index is 0.0348. The minimum Gasteiger partial charge on any atom is -0.480 e. The SMILES string of the molecule is CC[C@@H](C(=O)O)N1CCN(C(=O)c2cc(C)oc2C)CC1. The number of hydrogen-bond donors (Lipinski definition) is 1. The summed E-state index contributed by atoms with van der Waals surface area (Å²) in [6, 6.07) is 1.30. The van der Waals surface area contributed by atoms with Crippen molar-refractivity contribution < 1.29 is 19.1 Å². The van der Waals surface area contributed by atoms with Crippen LogP contribution in [0.4, 0.5) is 0 Å². The van der Waals surface area contributed by atoms with Gasteiger partial charge in [0.15, 0.2) is 0 Å². The van der Waals surface area contributed by atoms with Gasteiger partial charge < -0.3 is 14.4 Å². The van der Waals surface area contributed by atoms with Crippen LogP contribution in [-0.2, 0) is 4.79 Å². The van der Waals surface area contributed by atoms with E-state index in [2.05, 4.69) is 0 Å². The summed E-state index contributed by atoms with van der Waals surface area (Å²) in [5, 5.41) is 9.18. The molecule has 0 radical (unpaired) electrons. The lowest BCUT2D eigenvalue weighted by Gasteiger charge is -2.37. The highest BCUT2D eigenvalue weighted by molar-refractivity contribution is 5.95. The number of carbonyl (C=O) groups excluding carboxylic acids is 1. The van der Waals surface area contributed by atoms with Gasteiger partial charge in [-0.25, -0.2) is 0 Å². The van der Waals surface area contributed by atoms with Crippen LogP contribution in [0.3, 0.4) is 0 Å². The van der Waals surface area contributed by atoms with E-state index in [1.54, 1.807) is 17.9 Å². The third-order valence-electron chi connectivity index (χ3n) is 3.99. The zero-order chi connectivity index (χ0) is 15.6. The fourth-order valence-corrected chi connectivity index (χ4v) is 2.84. The lowest BCUT2D eigenvalue weighted by molar-refractivity contribution is -0.144. The molecule has 1 aliphatic heterocycles. The van der Waals surface area contributed by atoms with Gasteiger partial charge in [0, 0.05) is 26.2 Å². The van der Waals surface area contributed by atoms with Crippen LogP contribution in [0.5, 0.6) is 0 Å². The molecule has 2 heterocycles. The standard InChI is InChI=1S/C15H22N2O4/c1-4-13(15(19)20)16-5-7-17(8-6-16)14(18)12-9-10(2)21-11(12)3/h9,13H,4-8H2,1-3H3,(H,19,20)/t13-/m0/s1. The number of furan rings is 1. The lowest BCUT2D eigenvalue weighted by atomic mass is 10.1. The smallest absolute Gasteiger partial charge is 0.320 e. The van der Waals surface area contributed by atoms with Gasteiger partial charge in [-0.05, 0) is 26.3 Å². The van der Waals surface area contributed by atoms with E-state index in [1.807, 2.05) is 18.7 Å². The largest absolute Gasteiger partial charge is 0.480 e. The molecule has 1 atom stereocenters. The molecule has 0 aliphatic carbocycles. The average molecular weight is 294 g/mol. The Morgan fingerprint density at radius 1 is 1.29 bits per heavy atom. The Morgan fingerprint density at radius 2 is 1.90 bits per heavy atom. The first-order chi connectivity index (χ1) is 9.93. The van der Waals surface area contributed by atoms with Crippen LogP contribution >= 0.6 is 0 Å². The number of carboxylic acids is 1. The molecule has 1 aromatic heterocycles. The van der Waals surface area contributed by atoms with Crippen molar-refractivity contribution in [2.45, 2.75) is 33.2 Å². The summed E-state index contributed by atoms with van der Waals surface area (Å²) in [6.45, 7) is 7.75. The topological polar surface area (TPSA) is 74.0 Å². The number of rotatable bonds is 4. The maximum absolute atomic E-state index is 12.4. The number of amides is 1. The molecule has 0 aromatic carbocycles. The molecule has 2 rings (SSSR count). The van der Waals surface area contributed by atoms with Crippen molar-refractivity contribution in [1.82, 2.24) is 9.80 Å². The number of carboxylic acid groups (broad SMARTS) is 1. The summed E-state index contributed by atoms with van der Waals surface area (Å²) in [5.74, 6) is 0.536. The van der Waals surface area contributed by atoms with Crippen LogP contribution in [0.2, 0.25) is 0 Å². The third kappa shape index (κ3) is 3.26. The molecule has 0 spiro atoms. The van der Waals surface area contributed by atoms with Gasteiger partial charge in [0.05, 0.1) is 5.56 Å². The van der Waals surface area contributed by atoms with E-state index >= 15 is 0 Å². The Bertz CT molecular complexity index is 530. The van der Waals surface area contributed by atoms with Crippen molar-refractivity contribution in [3.05, 3.63) is 23.2 Å². The normalized spacial score (nSPS) is 17.8. The monoisotopic (exact) mass is 294 g/mol. The molecular formula is C15H22N2O4. The van der Waals surface area contributed by atoms with Crippen molar-refractivity contribution in [3.63, 3.8) is 0 Å². The van der Waals surface area contributed by atoms with Gasteiger partial charge in [-0.3, -0.25) is 14.5 Å². The predicted molar refractivity (Wildman–Crippen MR) is 77.4 cm³/mol. The molecule has 1 fully saturated rings. The van der Waals surface area contributed by atoms with Crippen LogP contribution in [-0.4, -0.2) is 59.0 Å². The van der Waals surface area contributed by atoms with Crippen LogP contribution in [0, 0.1) is 13.8 Å². The van der Waals surface area contributed by atoms with Gasteiger partial charge in [0.25, 0.3) is 5.91 Å². The summed E-state index contributed by atoms with van der Waals surface area (Å²) < 4.78 is 5.40. The first-order valence-corrected chi connectivity index (χ1v) is 7.27. The maximum atomic E-state index is 12.4. The molecule has 6 nitrogen and oxygen atoms in total. The molecular weight excluding hydrogens is 272 g/mol. The molecule has 1 saturated heterocycles. The highest BCUT2D eigenvalue weighted by Crippen LogP contribution is 2.18. The van der Waals surface area contributed by atoms with E-state index < -0.39 is 12.0 Å². The van der Waals surface area contributed by atoms with Gasteiger partial charge in [-0.1, -0.05) is 6.92 Å². The zero-order valence-corrected chi connectivity index (χ0v) is 12.8. The molecule has 0 saturated carbocycles. The Balaban J connectivity index is 1.99. The summed E-state index contributed by atoms with van der Waals surface area (Å²) in [4.78, 5) is 27.3. The number of hydrogen-bond acceptors (Lipinski definition) is 4. The molecule has 21 heavy (non-hydrogen) atoms. The summed E-state index contributed by atoms with van der Waals surface area (Å²) >= 11 is 0. The average Bonchev–Trinajstić information content (AvgIpc) is 2.78. The van der Waals surface area contributed by atoms with Gasteiger partial charge in [0.2, 0.25) is 0 Å². The second kappa shape index (κ2) is 6.30. The Labute approximate surface area is 124 Å². The van der Waals surface area contributed by atoms with E-state index in [1.165, 1.54) is 0 Å². The number of carbonyl (C=O) groups is 2. The summed E-state index contributed by atoms with van der Waals surface area (Å²) in [7, 11) is 0. The second-order valence-electron chi connectivity index (χ2n) is 5.42. The highest BCUT2D eigenvalue weighted by Gasteiger charge is 2.30. The molecule has 1 aromatic rings. The second-order valence-corrected chi connectivity index (χ2v) is 5.42. The molecule has 0 bridgehead atoms. The summed E-state index contributed by atoms with van der Waals surface area (Å²) in [5.41, 5.74) is 0.603. The quantitative estimate of drug-likeness (QED) is 0.911. The van der Waals surface area contributed by atoms with E-state index in [0.29, 0.717) is 43.9 Å². The van der Waals surface area contributed by atoms with Gasteiger partial charge >= 0.3 is 5.97 Å². The fraction of sp³-hybridized carbons (Fsp3) is 0.600. The molecule has 1 aliphatic rings. The minimum atomic E-state index is -0.793. The van der Waals surface area contributed by atoms with Gasteiger partial charge in [-0.2, -0.15) is 0 Å². The number of aryl methyl sites for hydroxylation is 2. The molecule has 1 amide bonds. The maximum Gasteiger partial charge on any atom is 0.320 e. The van der Waals surface area contributed by atoms with E-state index in [9.17, 15) is 14.7 Å². The zero-order valence-electron chi connectivity index (χ0n) is 12.8. The Kier molecular flexibility index (Phi) is 4.67. The van der Waals surface area contributed by atoms with Crippen LogP contribution in [0.25, 0.3) is 0 Å². The van der Waals surface area contributed by atoms with E-state index in [-0.39, 0.29) is 5.91 Å². The van der Waals surface area contributed by atoms with Crippen molar-refractivity contribution in [2.75, 3.05) is 26.2 Å². The first kappa shape index (κ1) is 15.6. The third-order valence-corrected chi connectivity index (χ3v) is 3.99. The highest BCUT2D eigenvalue weighted by atomic mass is 16.4. The van der Waals surface area contributed by atoms with Crippen molar-refractivity contribution in [3.8, 4) is 0 Å². The van der Waals surface area contributed by atoms with E-state index in [0.717, 1.165) is 5.76 Å². The van der Waals surface area contributed by atoms with Crippen molar-refractivity contribution >= 4 is 11.9 Å². The molecule has 6 heteroatoms. The van der Waals surface area contributed by atoms with Crippen LogP contribution < -0.4 is 0 Å². The summed E-state index contributed by atoms with van der Waals surface area (Å²) in [6.07, 6.45) is 0.573. The van der Waals surface area contributed by atoms with Crippen molar-refractivity contribution in [1.29, 1.82) is 0 Å². The molecule has 116 valence electrons. The number of aliphatic carboxylic acids is 1. The van der Waals surface area contributed by atoms with Crippen LogP contribution in [0.15, 0.2) is 10.5 Å². The predicted octanol–water partition coefficient (Wildman–Crippen LogP) is 1.52. The van der Waals surface area contributed by atoms with Gasteiger partial charge in [0.1, 0.15) is 17.6 Å². The van der Waals surface area contributed by atoms with Crippen LogP contribution in [0.1, 0.15) is 35.2 Å².